The van der Waals surface area contributed by atoms with Crippen LogP contribution in [-0.2, 0) is 0 Å². The normalized spacial score (nSPS) is 10.1. The van der Waals surface area contributed by atoms with Crippen molar-refractivity contribution in [3.8, 4) is 6.07 Å². The highest BCUT2D eigenvalue weighted by atomic mass is 35.5. The molecule has 0 unspecified atom stereocenters. The molecule has 0 atom stereocenters. The molecule has 0 radical (unpaired) electrons. The Morgan fingerprint density at radius 2 is 2.21 bits per heavy atom. The van der Waals surface area contributed by atoms with E-state index in [-0.39, 0.29) is 16.0 Å². The quantitative estimate of drug-likeness (QED) is 0.665. The molecular weight excluding hydrogens is 203 g/mol. The van der Waals surface area contributed by atoms with Crippen LogP contribution in [0, 0.1) is 17.1 Å². The first-order valence-corrected chi connectivity index (χ1v) is 4.24. The van der Waals surface area contributed by atoms with Crippen molar-refractivity contribution in [2.75, 3.05) is 0 Å². The van der Waals surface area contributed by atoms with Crippen molar-refractivity contribution in [3.63, 3.8) is 0 Å². The molecule has 0 aliphatic heterocycles. The van der Waals surface area contributed by atoms with Crippen molar-refractivity contribution in [2.24, 2.45) is 0 Å². The highest BCUT2D eigenvalue weighted by Crippen LogP contribution is 2.27. The molecule has 0 spiro atoms. The Labute approximate surface area is 84.6 Å². The number of aromatic nitrogens is 1. The molecule has 1 aromatic heterocycles. The summed E-state index contributed by atoms with van der Waals surface area (Å²) in [4.78, 5) is 3.93. The largest absolute Gasteiger partial charge is 0.255 e. The van der Waals surface area contributed by atoms with Crippen LogP contribution >= 0.6 is 11.6 Å². The van der Waals surface area contributed by atoms with Gasteiger partial charge in [0, 0.05) is 6.20 Å². The zero-order valence-corrected chi connectivity index (χ0v) is 7.72. The lowest BCUT2D eigenvalue weighted by Gasteiger charge is -2.01. The van der Waals surface area contributed by atoms with Crippen LogP contribution in [0.2, 0.25) is 5.02 Å². The SMILES string of the molecule is N#Cc1cnc2cccc(F)c2c1Cl. The summed E-state index contributed by atoms with van der Waals surface area (Å²) in [7, 11) is 0. The fraction of sp³-hybridized carbons (Fsp3) is 0. The molecule has 0 amide bonds. The summed E-state index contributed by atoms with van der Waals surface area (Å²) in [6.07, 6.45) is 1.34. The molecule has 0 bridgehead atoms. The van der Waals surface area contributed by atoms with Gasteiger partial charge in [0.25, 0.3) is 0 Å². The second kappa shape index (κ2) is 3.24. The highest BCUT2D eigenvalue weighted by molar-refractivity contribution is 6.36. The monoisotopic (exact) mass is 206 g/mol. The van der Waals surface area contributed by atoms with Crippen molar-refractivity contribution < 1.29 is 4.39 Å². The van der Waals surface area contributed by atoms with Gasteiger partial charge in [-0.1, -0.05) is 17.7 Å². The van der Waals surface area contributed by atoms with E-state index in [2.05, 4.69) is 4.98 Å². The van der Waals surface area contributed by atoms with Gasteiger partial charge in [-0.05, 0) is 12.1 Å². The maximum atomic E-state index is 13.3. The Bertz CT molecular complexity index is 546. The van der Waals surface area contributed by atoms with Gasteiger partial charge < -0.3 is 0 Å². The number of nitriles is 1. The molecule has 4 heteroatoms. The lowest BCUT2D eigenvalue weighted by Crippen LogP contribution is -1.87. The number of pyridine rings is 1. The van der Waals surface area contributed by atoms with Gasteiger partial charge in [-0.3, -0.25) is 4.98 Å². The summed E-state index contributed by atoms with van der Waals surface area (Å²) in [6.45, 7) is 0. The minimum atomic E-state index is -0.461. The second-order valence-electron chi connectivity index (χ2n) is 2.73. The Morgan fingerprint density at radius 1 is 1.43 bits per heavy atom. The van der Waals surface area contributed by atoms with Crippen molar-refractivity contribution in [2.45, 2.75) is 0 Å². The number of nitrogens with zero attached hydrogens (tertiary/aromatic N) is 2. The number of fused-ring (bicyclic) bond motifs is 1. The number of halogens is 2. The van der Waals surface area contributed by atoms with E-state index in [4.69, 9.17) is 16.9 Å². The van der Waals surface area contributed by atoms with Gasteiger partial charge in [0.15, 0.2) is 0 Å². The van der Waals surface area contributed by atoms with Gasteiger partial charge in [-0.2, -0.15) is 5.26 Å². The van der Waals surface area contributed by atoms with Gasteiger partial charge in [0.1, 0.15) is 11.9 Å². The first kappa shape index (κ1) is 8.92. The molecule has 2 nitrogen and oxygen atoms in total. The number of rotatable bonds is 0. The van der Waals surface area contributed by atoms with Gasteiger partial charge in [0.05, 0.1) is 21.5 Å². The summed E-state index contributed by atoms with van der Waals surface area (Å²) >= 11 is 5.84. The molecule has 14 heavy (non-hydrogen) atoms. The first-order chi connectivity index (χ1) is 6.74. The number of hydrogen-bond acceptors (Lipinski definition) is 2. The van der Waals surface area contributed by atoms with Crippen LogP contribution in [0.1, 0.15) is 5.56 Å². The zero-order chi connectivity index (χ0) is 10.1. The van der Waals surface area contributed by atoms with Crippen LogP contribution in [-0.4, -0.2) is 4.98 Å². The van der Waals surface area contributed by atoms with Crippen molar-refractivity contribution in [1.82, 2.24) is 4.98 Å². The summed E-state index contributed by atoms with van der Waals surface area (Å²) in [5.41, 5.74) is 0.637. The van der Waals surface area contributed by atoms with E-state index in [0.29, 0.717) is 5.52 Å². The number of hydrogen-bond donors (Lipinski definition) is 0. The fourth-order valence-corrected chi connectivity index (χ4v) is 1.52. The first-order valence-electron chi connectivity index (χ1n) is 3.87. The molecule has 0 fully saturated rings. The van der Waals surface area contributed by atoms with Crippen LogP contribution in [0.15, 0.2) is 24.4 Å². The van der Waals surface area contributed by atoms with Gasteiger partial charge in [-0.25, -0.2) is 4.39 Å². The highest BCUT2D eigenvalue weighted by Gasteiger charge is 2.09. The molecule has 1 aromatic carbocycles. The van der Waals surface area contributed by atoms with Crippen LogP contribution in [0.5, 0.6) is 0 Å². The molecular formula is C10H4ClFN2. The van der Waals surface area contributed by atoms with E-state index in [1.54, 1.807) is 12.1 Å². The Morgan fingerprint density at radius 3 is 2.93 bits per heavy atom. The molecule has 2 aromatic rings. The van der Waals surface area contributed by atoms with E-state index < -0.39 is 5.82 Å². The Kier molecular flexibility index (Phi) is 2.06. The Balaban J connectivity index is 2.95. The zero-order valence-electron chi connectivity index (χ0n) is 6.96. The molecule has 2 rings (SSSR count). The average Bonchev–Trinajstić information content (AvgIpc) is 2.18. The van der Waals surface area contributed by atoms with Gasteiger partial charge in [-0.15, -0.1) is 0 Å². The second-order valence-corrected chi connectivity index (χ2v) is 3.11. The lowest BCUT2D eigenvalue weighted by molar-refractivity contribution is 0.639. The minimum Gasteiger partial charge on any atom is -0.255 e. The van der Waals surface area contributed by atoms with E-state index in [1.165, 1.54) is 12.3 Å². The van der Waals surface area contributed by atoms with Crippen LogP contribution in [0.3, 0.4) is 0 Å². The third-order valence-corrected chi connectivity index (χ3v) is 2.29. The minimum absolute atomic E-state index is 0.121. The van der Waals surface area contributed by atoms with E-state index in [9.17, 15) is 4.39 Å². The Hall–Kier alpha value is -1.66. The van der Waals surface area contributed by atoms with E-state index in [1.807, 2.05) is 6.07 Å². The molecule has 0 aliphatic rings. The molecule has 0 saturated heterocycles. The standard InChI is InChI=1S/C10H4ClFN2/c11-10-6(4-13)5-14-8-3-1-2-7(12)9(8)10/h1-3,5H. The predicted octanol–water partition coefficient (Wildman–Crippen LogP) is 2.90. The fourth-order valence-electron chi connectivity index (χ4n) is 1.24. The average molecular weight is 207 g/mol. The summed E-state index contributed by atoms with van der Waals surface area (Å²) in [5, 5.41) is 8.99. The van der Waals surface area contributed by atoms with Crippen LogP contribution < -0.4 is 0 Å². The summed E-state index contributed by atoms with van der Waals surface area (Å²) < 4.78 is 13.3. The maximum absolute atomic E-state index is 13.3. The number of benzene rings is 1. The smallest absolute Gasteiger partial charge is 0.134 e. The third kappa shape index (κ3) is 1.21. The molecule has 68 valence electrons. The maximum Gasteiger partial charge on any atom is 0.134 e. The summed E-state index contributed by atoms with van der Waals surface area (Å²) in [6, 6.07) is 6.34. The molecule has 0 saturated carbocycles. The summed E-state index contributed by atoms with van der Waals surface area (Å²) in [5.74, 6) is -0.461. The van der Waals surface area contributed by atoms with E-state index in [0.717, 1.165) is 0 Å². The van der Waals surface area contributed by atoms with Crippen LogP contribution in [0.25, 0.3) is 10.9 Å². The van der Waals surface area contributed by atoms with Crippen LogP contribution in [0.4, 0.5) is 4.39 Å². The molecule has 0 aliphatic carbocycles. The lowest BCUT2D eigenvalue weighted by atomic mass is 10.1. The molecule has 1 heterocycles. The van der Waals surface area contributed by atoms with E-state index >= 15 is 0 Å². The topological polar surface area (TPSA) is 36.7 Å². The third-order valence-electron chi connectivity index (χ3n) is 1.90. The van der Waals surface area contributed by atoms with Crippen molar-refractivity contribution in [3.05, 3.63) is 40.8 Å². The van der Waals surface area contributed by atoms with Gasteiger partial charge in [0.2, 0.25) is 0 Å². The van der Waals surface area contributed by atoms with Crippen molar-refractivity contribution in [1.29, 1.82) is 5.26 Å². The predicted molar refractivity (Wildman–Crippen MR) is 51.4 cm³/mol. The van der Waals surface area contributed by atoms with Gasteiger partial charge >= 0.3 is 0 Å². The van der Waals surface area contributed by atoms with Crippen molar-refractivity contribution >= 4 is 22.5 Å². The molecule has 0 N–H and O–H groups in total.